The third-order valence-electron chi connectivity index (χ3n) is 3.12. The molecular weight excluding hydrogens is 156 g/mol. The van der Waals surface area contributed by atoms with Crippen molar-refractivity contribution in [2.45, 2.75) is 39.0 Å². The van der Waals surface area contributed by atoms with Crippen molar-refractivity contribution in [3.63, 3.8) is 0 Å². The topological polar surface area (TPSA) is 0 Å². The summed E-state index contributed by atoms with van der Waals surface area (Å²) in [5.74, 6) is 1.39. The summed E-state index contributed by atoms with van der Waals surface area (Å²) in [5, 5.41) is 0. The SMILES string of the molecule is [3H]c1cccc2c1CCCC2C(C)C. The van der Waals surface area contributed by atoms with Crippen molar-refractivity contribution in [1.29, 1.82) is 0 Å². The van der Waals surface area contributed by atoms with Gasteiger partial charge in [-0.1, -0.05) is 38.1 Å². The van der Waals surface area contributed by atoms with E-state index < -0.39 is 0 Å². The molecule has 1 atom stereocenters. The summed E-state index contributed by atoms with van der Waals surface area (Å²) in [6.45, 7) is 4.58. The highest BCUT2D eigenvalue weighted by Crippen LogP contribution is 2.36. The maximum absolute atomic E-state index is 7.88. The lowest BCUT2D eigenvalue weighted by Gasteiger charge is -2.28. The molecule has 0 radical (unpaired) electrons. The standard InChI is InChI=1S/C13H18/c1-10(2)12-9-5-7-11-6-3-4-8-13(11)12/h3-4,6,8,10,12H,5,7,9H2,1-2H3/i6T. The van der Waals surface area contributed by atoms with Crippen LogP contribution in [0.25, 0.3) is 0 Å². The molecule has 1 unspecified atom stereocenters. The average molecular weight is 176 g/mol. The molecule has 0 spiro atoms. The van der Waals surface area contributed by atoms with E-state index in [4.69, 9.17) is 1.37 Å². The summed E-state index contributed by atoms with van der Waals surface area (Å²) in [6.07, 6.45) is 3.66. The first-order valence-electron chi connectivity index (χ1n) is 5.78. The molecule has 0 heterocycles. The van der Waals surface area contributed by atoms with Gasteiger partial charge in [0.2, 0.25) is 0 Å². The average Bonchev–Trinajstić information content (AvgIpc) is 2.17. The van der Waals surface area contributed by atoms with Gasteiger partial charge >= 0.3 is 0 Å². The van der Waals surface area contributed by atoms with Gasteiger partial charge < -0.3 is 0 Å². The maximum Gasteiger partial charge on any atom is 0.0626 e. The molecule has 1 aromatic carbocycles. The fourth-order valence-electron chi connectivity index (χ4n) is 2.40. The van der Waals surface area contributed by atoms with Crippen LogP contribution in [-0.4, -0.2) is 0 Å². The smallest absolute Gasteiger partial charge is 0.0622 e. The monoisotopic (exact) mass is 176 g/mol. The van der Waals surface area contributed by atoms with Crippen molar-refractivity contribution in [3.8, 4) is 0 Å². The van der Waals surface area contributed by atoms with Gasteiger partial charge in [0.25, 0.3) is 0 Å². The molecule has 0 aliphatic heterocycles. The van der Waals surface area contributed by atoms with Crippen LogP contribution in [0.3, 0.4) is 0 Å². The van der Waals surface area contributed by atoms with Gasteiger partial charge in [-0.05, 0) is 42.2 Å². The predicted molar refractivity (Wildman–Crippen MR) is 57.0 cm³/mol. The van der Waals surface area contributed by atoms with E-state index >= 15 is 0 Å². The van der Waals surface area contributed by atoms with Crippen molar-refractivity contribution in [3.05, 3.63) is 35.4 Å². The van der Waals surface area contributed by atoms with Gasteiger partial charge in [0, 0.05) is 0 Å². The van der Waals surface area contributed by atoms with E-state index in [0.717, 1.165) is 12.5 Å². The molecular formula is C13H18. The summed E-state index contributed by atoms with van der Waals surface area (Å²) >= 11 is 0. The highest BCUT2D eigenvalue weighted by molar-refractivity contribution is 5.32. The van der Waals surface area contributed by atoms with Crippen molar-refractivity contribution in [2.24, 2.45) is 5.92 Å². The molecule has 0 bridgehead atoms. The first-order valence-corrected chi connectivity index (χ1v) is 5.28. The van der Waals surface area contributed by atoms with E-state index in [0.29, 0.717) is 11.8 Å². The molecule has 0 N–H and O–H groups in total. The fourth-order valence-corrected chi connectivity index (χ4v) is 2.40. The zero-order chi connectivity index (χ0) is 10.1. The number of fused-ring (bicyclic) bond motifs is 1. The summed E-state index contributed by atoms with van der Waals surface area (Å²) < 4.78 is 7.88. The zero-order valence-corrected chi connectivity index (χ0v) is 8.51. The molecule has 0 nitrogen and oxygen atoms in total. The van der Waals surface area contributed by atoms with Gasteiger partial charge in [-0.25, -0.2) is 0 Å². The Morgan fingerprint density at radius 1 is 1.46 bits per heavy atom. The van der Waals surface area contributed by atoms with Crippen LogP contribution in [0.4, 0.5) is 0 Å². The quantitative estimate of drug-likeness (QED) is 0.611. The Morgan fingerprint density at radius 3 is 3.08 bits per heavy atom. The zero-order valence-electron chi connectivity index (χ0n) is 9.51. The summed E-state index contributed by atoms with van der Waals surface area (Å²) in [6, 6.07) is 6.91. The Labute approximate surface area is 82.4 Å². The molecule has 13 heavy (non-hydrogen) atoms. The second kappa shape index (κ2) is 3.53. The van der Waals surface area contributed by atoms with Crippen LogP contribution < -0.4 is 0 Å². The van der Waals surface area contributed by atoms with Crippen LogP contribution in [0, 0.1) is 5.92 Å². The van der Waals surface area contributed by atoms with Crippen LogP contribution in [0.2, 0.25) is 0 Å². The summed E-state index contributed by atoms with van der Waals surface area (Å²) in [5.41, 5.74) is 2.75. The largest absolute Gasteiger partial charge is 0.0626 e. The third kappa shape index (κ3) is 1.63. The van der Waals surface area contributed by atoms with Gasteiger partial charge in [0.15, 0.2) is 0 Å². The molecule has 0 amide bonds. The summed E-state index contributed by atoms with van der Waals surface area (Å²) in [7, 11) is 0. The van der Waals surface area contributed by atoms with E-state index in [1.54, 1.807) is 0 Å². The minimum atomic E-state index is 0.684. The van der Waals surface area contributed by atoms with Crippen LogP contribution >= 0.6 is 0 Å². The minimum absolute atomic E-state index is 0.684. The second-order valence-electron chi connectivity index (χ2n) is 4.35. The number of hydrogen-bond acceptors (Lipinski definition) is 0. The maximum atomic E-state index is 7.88. The number of benzene rings is 1. The van der Waals surface area contributed by atoms with Crippen molar-refractivity contribution < 1.29 is 1.37 Å². The van der Waals surface area contributed by atoms with E-state index in [2.05, 4.69) is 19.9 Å². The van der Waals surface area contributed by atoms with Crippen molar-refractivity contribution >= 4 is 0 Å². The molecule has 0 saturated heterocycles. The Bertz CT molecular complexity index is 328. The Hall–Kier alpha value is -0.780. The van der Waals surface area contributed by atoms with E-state index in [-0.39, 0.29) is 0 Å². The highest BCUT2D eigenvalue weighted by Gasteiger charge is 2.21. The van der Waals surface area contributed by atoms with Crippen LogP contribution in [0.5, 0.6) is 0 Å². The molecule has 1 aliphatic rings. The lowest BCUT2D eigenvalue weighted by atomic mass is 9.77. The lowest BCUT2D eigenvalue weighted by molar-refractivity contribution is 0.433. The highest BCUT2D eigenvalue weighted by atomic mass is 14.3. The van der Waals surface area contributed by atoms with Gasteiger partial charge in [-0.15, -0.1) is 0 Å². The van der Waals surface area contributed by atoms with E-state index in [1.807, 2.05) is 12.1 Å². The Kier molecular flexibility index (Phi) is 2.07. The molecule has 0 heteroatoms. The first-order chi connectivity index (χ1) is 6.70. The second-order valence-corrected chi connectivity index (χ2v) is 4.35. The van der Waals surface area contributed by atoms with Gasteiger partial charge in [-0.2, -0.15) is 0 Å². The Balaban J connectivity index is 2.44. The van der Waals surface area contributed by atoms with Gasteiger partial charge in [0.1, 0.15) is 0 Å². The Morgan fingerprint density at radius 2 is 2.31 bits per heavy atom. The van der Waals surface area contributed by atoms with Crippen LogP contribution in [-0.2, 0) is 6.42 Å². The predicted octanol–water partition coefficient (Wildman–Crippen LogP) is 3.76. The summed E-state index contributed by atoms with van der Waals surface area (Å²) in [4.78, 5) is 0. The molecule has 0 fully saturated rings. The molecule has 0 saturated carbocycles. The van der Waals surface area contributed by atoms with Crippen molar-refractivity contribution in [1.82, 2.24) is 0 Å². The number of hydrogen-bond donors (Lipinski definition) is 0. The van der Waals surface area contributed by atoms with E-state index in [1.165, 1.54) is 24.0 Å². The molecule has 0 aromatic heterocycles. The van der Waals surface area contributed by atoms with Crippen LogP contribution in [0.1, 0.15) is 45.1 Å². The molecule has 70 valence electrons. The molecule has 2 rings (SSSR count). The van der Waals surface area contributed by atoms with E-state index in [9.17, 15) is 0 Å². The third-order valence-corrected chi connectivity index (χ3v) is 3.12. The first kappa shape index (κ1) is 7.61. The molecule has 1 aromatic rings. The lowest BCUT2D eigenvalue weighted by Crippen LogP contribution is -2.14. The normalized spacial score (nSPS) is 22.7. The van der Waals surface area contributed by atoms with Crippen LogP contribution in [0.15, 0.2) is 24.2 Å². The fraction of sp³-hybridized carbons (Fsp3) is 0.538. The molecule has 1 aliphatic carbocycles. The van der Waals surface area contributed by atoms with Crippen molar-refractivity contribution in [2.75, 3.05) is 0 Å². The van der Waals surface area contributed by atoms with Gasteiger partial charge in [-0.3, -0.25) is 0 Å². The van der Waals surface area contributed by atoms with Gasteiger partial charge in [0.05, 0.1) is 1.37 Å². The minimum Gasteiger partial charge on any atom is -0.0622 e. The number of rotatable bonds is 1.